The third-order valence-electron chi connectivity index (χ3n) is 3.93. The fourth-order valence-electron chi connectivity index (χ4n) is 2.59. The molecule has 136 valence electrons. The Morgan fingerprint density at radius 2 is 2.00 bits per heavy atom. The largest absolute Gasteiger partial charge is 0.378 e. The number of benzene rings is 1. The van der Waals surface area contributed by atoms with E-state index in [0.29, 0.717) is 30.7 Å². The lowest BCUT2D eigenvalue weighted by atomic mass is 10.2. The number of rotatable bonds is 5. The Bertz CT molecular complexity index is 787. The van der Waals surface area contributed by atoms with Crippen LogP contribution >= 0.6 is 11.6 Å². The van der Waals surface area contributed by atoms with Gasteiger partial charge in [0, 0.05) is 29.9 Å². The number of carbonyl (C=O) groups excluding carboxylic acids is 1. The normalized spacial score (nSPS) is 14.6. The van der Waals surface area contributed by atoms with Crippen LogP contribution in [0.1, 0.15) is 17.0 Å². The minimum Gasteiger partial charge on any atom is -0.378 e. The zero-order valence-electron chi connectivity index (χ0n) is 14.6. The van der Waals surface area contributed by atoms with E-state index in [0.717, 1.165) is 30.0 Å². The predicted octanol–water partition coefficient (Wildman–Crippen LogP) is 2.60. The first kappa shape index (κ1) is 18.4. The van der Waals surface area contributed by atoms with Gasteiger partial charge in [-0.15, -0.1) is 0 Å². The fourth-order valence-corrected chi connectivity index (χ4v) is 2.72. The van der Waals surface area contributed by atoms with Crippen molar-refractivity contribution < 1.29 is 9.53 Å². The zero-order chi connectivity index (χ0) is 18.4. The molecule has 1 N–H and O–H groups in total. The highest BCUT2D eigenvalue weighted by Gasteiger charge is 2.15. The molecule has 0 bridgehead atoms. The number of aryl methyl sites for hydroxylation is 1. The number of carbonyl (C=O) groups is 1. The lowest BCUT2D eigenvalue weighted by Gasteiger charge is -2.27. The predicted molar refractivity (Wildman–Crippen MR) is 102 cm³/mol. The smallest absolute Gasteiger partial charge is 0.244 e. The molecule has 7 heteroatoms. The first-order chi connectivity index (χ1) is 12.6. The van der Waals surface area contributed by atoms with Gasteiger partial charge in [0.15, 0.2) is 0 Å². The van der Waals surface area contributed by atoms with Crippen molar-refractivity contribution in [2.75, 3.05) is 31.2 Å². The van der Waals surface area contributed by atoms with Crippen LogP contribution in [0.5, 0.6) is 0 Å². The van der Waals surface area contributed by atoms with E-state index in [1.807, 2.05) is 25.1 Å². The van der Waals surface area contributed by atoms with E-state index in [4.69, 9.17) is 16.3 Å². The molecule has 0 aliphatic carbocycles. The molecule has 0 saturated carbocycles. The average Bonchev–Trinajstić information content (AvgIpc) is 2.66. The summed E-state index contributed by atoms with van der Waals surface area (Å²) in [5.41, 5.74) is 2.58. The van der Waals surface area contributed by atoms with Crippen molar-refractivity contribution in [1.82, 2.24) is 15.3 Å². The minimum atomic E-state index is -0.177. The molecule has 1 aromatic heterocycles. The van der Waals surface area contributed by atoms with Crippen LogP contribution in [0, 0.1) is 6.92 Å². The van der Waals surface area contributed by atoms with Gasteiger partial charge in [0.25, 0.3) is 0 Å². The Morgan fingerprint density at radius 1 is 1.27 bits per heavy atom. The number of anilines is 1. The second kappa shape index (κ2) is 8.78. The van der Waals surface area contributed by atoms with Crippen molar-refractivity contribution in [3.63, 3.8) is 0 Å². The van der Waals surface area contributed by atoms with Crippen molar-refractivity contribution >= 4 is 29.5 Å². The molecule has 1 amide bonds. The summed E-state index contributed by atoms with van der Waals surface area (Å²) < 4.78 is 5.36. The number of nitrogens with zero attached hydrogens (tertiary/aromatic N) is 3. The van der Waals surface area contributed by atoms with Crippen LogP contribution < -0.4 is 10.2 Å². The average molecular weight is 373 g/mol. The van der Waals surface area contributed by atoms with Gasteiger partial charge >= 0.3 is 0 Å². The maximum atomic E-state index is 12.0. The summed E-state index contributed by atoms with van der Waals surface area (Å²) in [4.78, 5) is 23.2. The molecule has 0 spiro atoms. The molecule has 2 heterocycles. The van der Waals surface area contributed by atoms with Gasteiger partial charge in [0.2, 0.25) is 11.9 Å². The highest BCUT2D eigenvalue weighted by atomic mass is 35.5. The molecule has 26 heavy (non-hydrogen) atoms. The second-order valence-electron chi connectivity index (χ2n) is 6.00. The van der Waals surface area contributed by atoms with Crippen molar-refractivity contribution in [3.8, 4) is 0 Å². The molecule has 0 unspecified atom stereocenters. The van der Waals surface area contributed by atoms with E-state index in [9.17, 15) is 4.79 Å². The van der Waals surface area contributed by atoms with Gasteiger partial charge in [0.05, 0.1) is 25.5 Å². The fraction of sp³-hybridized carbons (Fsp3) is 0.316. The van der Waals surface area contributed by atoms with E-state index in [2.05, 4.69) is 20.2 Å². The Morgan fingerprint density at radius 3 is 2.73 bits per heavy atom. The van der Waals surface area contributed by atoms with Crippen molar-refractivity contribution in [1.29, 1.82) is 0 Å². The van der Waals surface area contributed by atoms with E-state index >= 15 is 0 Å². The Hall–Kier alpha value is -2.44. The summed E-state index contributed by atoms with van der Waals surface area (Å²) >= 11 is 5.85. The van der Waals surface area contributed by atoms with Crippen LogP contribution in [-0.2, 0) is 16.1 Å². The second-order valence-corrected chi connectivity index (χ2v) is 6.44. The monoisotopic (exact) mass is 372 g/mol. The van der Waals surface area contributed by atoms with Crippen LogP contribution in [-0.4, -0.2) is 42.2 Å². The van der Waals surface area contributed by atoms with Crippen LogP contribution in [0.2, 0.25) is 5.02 Å². The minimum absolute atomic E-state index is 0.177. The third kappa shape index (κ3) is 5.28. The number of nitrogens with one attached hydrogen (secondary N) is 1. The van der Waals surface area contributed by atoms with E-state index in [1.165, 1.54) is 6.08 Å². The number of hydrogen-bond donors (Lipinski definition) is 1. The summed E-state index contributed by atoms with van der Waals surface area (Å²) in [6, 6.07) is 9.17. The maximum absolute atomic E-state index is 12.0. The number of amides is 1. The van der Waals surface area contributed by atoms with Crippen molar-refractivity contribution in [3.05, 3.63) is 58.4 Å². The number of halogens is 1. The lowest BCUT2D eigenvalue weighted by Crippen LogP contribution is -2.37. The van der Waals surface area contributed by atoms with Gasteiger partial charge in [-0.25, -0.2) is 9.97 Å². The summed E-state index contributed by atoms with van der Waals surface area (Å²) in [5, 5.41) is 3.52. The Kier molecular flexibility index (Phi) is 6.20. The highest BCUT2D eigenvalue weighted by Crippen LogP contribution is 2.13. The van der Waals surface area contributed by atoms with Gasteiger partial charge in [-0.3, -0.25) is 4.79 Å². The summed E-state index contributed by atoms with van der Waals surface area (Å²) in [5.74, 6) is 0.512. The Labute approximate surface area is 157 Å². The van der Waals surface area contributed by atoms with E-state index in [1.54, 1.807) is 18.2 Å². The van der Waals surface area contributed by atoms with Gasteiger partial charge in [0.1, 0.15) is 0 Å². The standard InChI is InChI=1S/C19H21ClN4O2/c1-14-12-17(23-19(22-14)24-8-10-26-11-9-24)13-21-18(25)7-4-15-2-5-16(20)6-3-15/h2-7,12H,8-11,13H2,1H3,(H,21,25)/b7-4+. The third-order valence-corrected chi connectivity index (χ3v) is 4.18. The number of ether oxygens (including phenoxy) is 1. The van der Waals surface area contributed by atoms with Gasteiger partial charge in [-0.05, 0) is 36.8 Å². The summed E-state index contributed by atoms with van der Waals surface area (Å²) in [7, 11) is 0. The topological polar surface area (TPSA) is 67.4 Å². The van der Waals surface area contributed by atoms with Crippen LogP contribution in [0.3, 0.4) is 0 Å². The highest BCUT2D eigenvalue weighted by molar-refractivity contribution is 6.30. The quantitative estimate of drug-likeness (QED) is 0.817. The number of aromatic nitrogens is 2. The Balaban J connectivity index is 1.59. The van der Waals surface area contributed by atoms with E-state index < -0.39 is 0 Å². The SMILES string of the molecule is Cc1cc(CNC(=O)/C=C/c2ccc(Cl)cc2)nc(N2CCOCC2)n1. The molecule has 1 saturated heterocycles. The number of morpholine rings is 1. The van der Waals surface area contributed by atoms with E-state index in [-0.39, 0.29) is 5.91 Å². The summed E-state index contributed by atoms with van der Waals surface area (Å²) in [6.45, 7) is 5.19. The molecule has 3 rings (SSSR count). The first-order valence-corrected chi connectivity index (χ1v) is 8.87. The molecule has 1 aliphatic rings. The van der Waals surface area contributed by atoms with Crippen LogP contribution in [0.4, 0.5) is 5.95 Å². The molecule has 0 atom stereocenters. The molecule has 1 aromatic carbocycles. The summed E-state index contributed by atoms with van der Waals surface area (Å²) in [6.07, 6.45) is 3.25. The van der Waals surface area contributed by atoms with Crippen molar-refractivity contribution in [2.45, 2.75) is 13.5 Å². The molecular weight excluding hydrogens is 352 g/mol. The first-order valence-electron chi connectivity index (χ1n) is 8.49. The molecule has 1 fully saturated rings. The molecule has 0 radical (unpaired) electrons. The number of hydrogen-bond acceptors (Lipinski definition) is 5. The van der Waals surface area contributed by atoms with Crippen LogP contribution in [0.25, 0.3) is 6.08 Å². The van der Waals surface area contributed by atoms with Gasteiger partial charge in [-0.1, -0.05) is 23.7 Å². The molecule has 6 nitrogen and oxygen atoms in total. The van der Waals surface area contributed by atoms with Crippen LogP contribution in [0.15, 0.2) is 36.4 Å². The molecule has 2 aromatic rings. The lowest BCUT2D eigenvalue weighted by molar-refractivity contribution is -0.116. The van der Waals surface area contributed by atoms with Crippen molar-refractivity contribution in [2.24, 2.45) is 0 Å². The molecular formula is C19H21ClN4O2. The maximum Gasteiger partial charge on any atom is 0.244 e. The zero-order valence-corrected chi connectivity index (χ0v) is 15.4. The van der Waals surface area contributed by atoms with Gasteiger partial charge < -0.3 is 15.0 Å². The van der Waals surface area contributed by atoms with Gasteiger partial charge in [-0.2, -0.15) is 0 Å². The molecule has 1 aliphatic heterocycles.